The highest BCUT2D eigenvalue weighted by molar-refractivity contribution is 5.97. The van der Waals surface area contributed by atoms with Crippen LogP contribution in [0.5, 0.6) is 11.5 Å². The lowest BCUT2D eigenvalue weighted by Gasteiger charge is -2.19. The second kappa shape index (κ2) is 10.2. The predicted octanol–water partition coefficient (Wildman–Crippen LogP) is 3.67. The Labute approximate surface area is 174 Å². The summed E-state index contributed by atoms with van der Waals surface area (Å²) in [5.74, 6) is 0.455. The minimum absolute atomic E-state index is 0.128. The predicted molar refractivity (Wildman–Crippen MR) is 114 cm³/mol. The highest BCUT2D eigenvalue weighted by atomic mass is 16.6. The van der Waals surface area contributed by atoms with E-state index in [1.165, 1.54) is 30.0 Å². The number of rotatable bonds is 10. The van der Waals surface area contributed by atoms with Gasteiger partial charge in [-0.05, 0) is 45.0 Å². The summed E-state index contributed by atoms with van der Waals surface area (Å²) in [6, 6.07) is 9.24. The largest absolute Gasteiger partial charge is 0.490 e. The number of hydrogen-bond acceptors (Lipinski definition) is 7. The lowest BCUT2D eigenvalue weighted by atomic mass is 10.1. The summed E-state index contributed by atoms with van der Waals surface area (Å²) in [5, 5.41) is 14.2. The Morgan fingerprint density at radius 2 is 1.73 bits per heavy atom. The number of likely N-dealkylation sites (N-methyl/N-ethyl adjacent to an activating group) is 1. The Morgan fingerprint density at radius 3 is 2.33 bits per heavy atom. The molecule has 0 fully saturated rings. The smallest absolute Gasteiger partial charge is 0.293 e. The van der Waals surface area contributed by atoms with Gasteiger partial charge in [0.1, 0.15) is 5.69 Å². The third-order valence-corrected chi connectivity index (χ3v) is 4.20. The van der Waals surface area contributed by atoms with Gasteiger partial charge in [0.2, 0.25) is 5.91 Å². The normalized spacial score (nSPS) is 10.3. The van der Waals surface area contributed by atoms with Crippen LogP contribution in [0.2, 0.25) is 0 Å². The van der Waals surface area contributed by atoms with Crippen molar-refractivity contribution in [3.8, 4) is 11.5 Å². The number of nitro groups is 1. The van der Waals surface area contributed by atoms with E-state index in [4.69, 9.17) is 9.47 Å². The molecule has 0 heterocycles. The van der Waals surface area contributed by atoms with Crippen molar-refractivity contribution < 1.29 is 24.0 Å². The average molecular weight is 415 g/mol. The third-order valence-electron chi connectivity index (χ3n) is 4.20. The fourth-order valence-corrected chi connectivity index (χ4v) is 2.84. The molecule has 0 saturated heterocycles. The van der Waals surface area contributed by atoms with Gasteiger partial charge in [0.05, 0.1) is 24.7 Å². The highest BCUT2D eigenvalue weighted by Gasteiger charge is 2.21. The number of hydrogen-bond donors (Lipinski definition) is 1. The molecule has 30 heavy (non-hydrogen) atoms. The molecular formula is C21H25N3O6. The minimum atomic E-state index is -0.572. The number of amides is 1. The van der Waals surface area contributed by atoms with Crippen molar-refractivity contribution in [2.75, 3.05) is 37.0 Å². The number of benzene rings is 2. The first kappa shape index (κ1) is 22.7. The third kappa shape index (κ3) is 5.69. The molecule has 9 heteroatoms. The molecule has 0 aromatic heterocycles. The SMILES string of the molecule is CCOc1ccc(NC(=O)CN(C)c2ccc(C(C)=O)cc2[N+](=O)[O-])cc1OCC. The summed E-state index contributed by atoms with van der Waals surface area (Å²) in [5.41, 5.74) is 0.752. The van der Waals surface area contributed by atoms with Gasteiger partial charge in [-0.3, -0.25) is 19.7 Å². The van der Waals surface area contributed by atoms with Crippen LogP contribution in [0.3, 0.4) is 0 Å². The van der Waals surface area contributed by atoms with Crippen LogP contribution < -0.4 is 19.7 Å². The molecule has 0 saturated carbocycles. The standard InChI is InChI=1S/C21H25N3O6/c1-5-29-19-10-8-16(12-20(19)30-6-2)22-21(26)13-23(4)17-9-7-15(14(3)25)11-18(17)24(27)28/h7-12H,5-6,13H2,1-4H3,(H,22,26). The quantitative estimate of drug-likeness (QED) is 0.358. The van der Waals surface area contributed by atoms with Gasteiger partial charge in [-0.15, -0.1) is 0 Å². The Morgan fingerprint density at radius 1 is 1.07 bits per heavy atom. The van der Waals surface area contributed by atoms with E-state index in [2.05, 4.69) is 5.32 Å². The molecule has 0 aliphatic heterocycles. The molecule has 0 aliphatic rings. The Bertz CT molecular complexity index is 944. The van der Waals surface area contributed by atoms with Gasteiger partial charge < -0.3 is 19.7 Å². The second-order valence-electron chi connectivity index (χ2n) is 6.45. The fraction of sp³-hybridized carbons (Fsp3) is 0.333. The fourth-order valence-electron chi connectivity index (χ4n) is 2.84. The Kier molecular flexibility index (Phi) is 7.74. The van der Waals surface area contributed by atoms with Crippen LogP contribution >= 0.6 is 0 Å². The van der Waals surface area contributed by atoms with Crippen LogP contribution in [0.15, 0.2) is 36.4 Å². The lowest BCUT2D eigenvalue weighted by Crippen LogP contribution is -2.30. The first-order valence-corrected chi connectivity index (χ1v) is 9.46. The van der Waals surface area contributed by atoms with E-state index in [0.29, 0.717) is 30.4 Å². The Hall–Kier alpha value is -3.62. The maximum Gasteiger partial charge on any atom is 0.293 e. The van der Waals surface area contributed by atoms with Gasteiger partial charge in [0.25, 0.3) is 5.69 Å². The zero-order valence-corrected chi connectivity index (χ0v) is 17.4. The molecule has 0 bridgehead atoms. The Balaban J connectivity index is 2.16. The van der Waals surface area contributed by atoms with Crippen LogP contribution in [0.1, 0.15) is 31.1 Å². The second-order valence-corrected chi connectivity index (χ2v) is 6.45. The van der Waals surface area contributed by atoms with Crippen LogP contribution in [-0.4, -0.2) is 43.4 Å². The molecule has 2 aromatic carbocycles. The first-order valence-electron chi connectivity index (χ1n) is 9.46. The number of nitrogens with zero attached hydrogens (tertiary/aromatic N) is 2. The van der Waals surface area contributed by atoms with E-state index in [9.17, 15) is 19.7 Å². The molecule has 0 radical (unpaired) electrons. The van der Waals surface area contributed by atoms with Gasteiger partial charge >= 0.3 is 0 Å². The van der Waals surface area contributed by atoms with E-state index < -0.39 is 4.92 Å². The number of anilines is 2. The maximum atomic E-state index is 12.5. The molecule has 1 amide bonds. The van der Waals surface area contributed by atoms with Gasteiger partial charge in [-0.25, -0.2) is 0 Å². The van der Waals surface area contributed by atoms with Crippen molar-refractivity contribution >= 4 is 28.8 Å². The van der Waals surface area contributed by atoms with Crippen molar-refractivity contribution in [2.24, 2.45) is 0 Å². The topological polar surface area (TPSA) is 111 Å². The van der Waals surface area contributed by atoms with Gasteiger partial charge in [-0.2, -0.15) is 0 Å². The molecule has 2 rings (SSSR count). The van der Waals surface area contributed by atoms with E-state index in [1.54, 1.807) is 25.2 Å². The summed E-state index contributed by atoms with van der Waals surface area (Å²) in [6.07, 6.45) is 0. The number of ketones is 1. The van der Waals surface area contributed by atoms with Crippen molar-refractivity contribution in [1.82, 2.24) is 0 Å². The van der Waals surface area contributed by atoms with Gasteiger partial charge in [-0.1, -0.05) is 0 Å². The van der Waals surface area contributed by atoms with Crippen LogP contribution in [0.4, 0.5) is 17.1 Å². The van der Waals surface area contributed by atoms with Crippen molar-refractivity contribution in [2.45, 2.75) is 20.8 Å². The number of nitrogens with one attached hydrogen (secondary N) is 1. The van der Waals surface area contributed by atoms with Crippen LogP contribution in [0.25, 0.3) is 0 Å². The zero-order chi connectivity index (χ0) is 22.3. The van der Waals surface area contributed by atoms with Crippen LogP contribution in [0, 0.1) is 10.1 Å². The van der Waals surface area contributed by atoms with E-state index in [0.717, 1.165) is 0 Å². The molecule has 0 atom stereocenters. The lowest BCUT2D eigenvalue weighted by molar-refractivity contribution is -0.384. The monoisotopic (exact) mass is 415 g/mol. The van der Waals surface area contributed by atoms with Crippen molar-refractivity contribution in [1.29, 1.82) is 0 Å². The molecule has 0 aliphatic carbocycles. The van der Waals surface area contributed by atoms with Crippen LogP contribution in [-0.2, 0) is 4.79 Å². The maximum absolute atomic E-state index is 12.5. The summed E-state index contributed by atoms with van der Waals surface area (Å²) in [6.45, 7) is 5.85. The number of ether oxygens (including phenoxy) is 2. The molecule has 0 unspecified atom stereocenters. The number of carbonyl (C=O) groups is 2. The molecule has 2 aromatic rings. The summed E-state index contributed by atoms with van der Waals surface area (Å²) in [7, 11) is 1.57. The molecule has 9 nitrogen and oxygen atoms in total. The summed E-state index contributed by atoms with van der Waals surface area (Å²) < 4.78 is 11.0. The number of nitro benzene ring substituents is 1. The summed E-state index contributed by atoms with van der Waals surface area (Å²) in [4.78, 5) is 36.3. The molecular weight excluding hydrogens is 390 g/mol. The van der Waals surface area contributed by atoms with Crippen molar-refractivity contribution in [3.05, 3.63) is 52.1 Å². The summed E-state index contributed by atoms with van der Waals surface area (Å²) >= 11 is 0. The zero-order valence-electron chi connectivity index (χ0n) is 17.4. The van der Waals surface area contributed by atoms with Gasteiger partial charge in [0.15, 0.2) is 17.3 Å². The number of Topliss-reactive ketones (excluding diaryl/α,β-unsaturated/α-hetero) is 1. The van der Waals surface area contributed by atoms with E-state index >= 15 is 0 Å². The number of carbonyl (C=O) groups excluding carboxylic acids is 2. The molecule has 160 valence electrons. The van der Waals surface area contributed by atoms with E-state index in [1.807, 2.05) is 13.8 Å². The molecule has 1 N–H and O–H groups in total. The minimum Gasteiger partial charge on any atom is -0.490 e. The van der Waals surface area contributed by atoms with Gasteiger partial charge in [0, 0.05) is 30.4 Å². The van der Waals surface area contributed by atoms with Crippen molar-refractivity contribution in [3.63, 3.8) is 0 Å². The first-order chi connectivity index (χ1) is 14.3. The molecule has 0 spiro atoms. The van der Waals surface area contributed by atoms with E-state index in [-0.39, 0.29) is 35.2 Å². The highest BCUT2D eigenvalue weighted by Crippen LogP contribution is 2.31. The average Bonchev–Trinajstić information content (AvgIpc) is 2.69.